The molecule has 7 nitrogen and oxygen atoms in total. The second-order valence-electron chi connectivity index (χ2n) is 8.14. The van der Waals surface area contributed by atoms with E-state index in [-0.39, 0.29) is 11.5 Å². The number of piperazine rings is 1. The second kappa shape index (κ2) is 10.3. The minimum Gasteiger partial charge on any atom is -0.497 e. The third-order valence-electron chi connectivity index (χ3n) is 6.07. The van der Waals surface area contributed by atoms with Crippen molar-refractivity contribution in [2.75, 3.05) is 38.2 Å². The van der Waals surface area contributed by atoms with E-state index in [1.165, 1.54) is 0 Å². The highest BCUT2D eigenvalue weighted by Gasteiger charge is 2.21. The van der Waals surface area contributed by atoms with Gasteiger partial charge in [0.05, 0.1) is 24.3 Å². The van der Waals surface area contributed by atoms with Crippen molar-refractivity contribution in [1.82, 2.24) is 14.5 Å². The van der Waals surface area contributed by atoms with Crippen LogP contribution in [-0.2, 0) is 11.3 Å². The van der Waals surface area contributed by atoms with E-state index in [2.05, 4.69) is 16.0 Å². The molecule has 0 radical (unpaired) electrons. The van der Waals surface area contributed by atoms with Gasteiger partial charge in [-0.3, -0.25) is 14.2 Å². The third-order valence-corrected chi connectivity index (χ3v) is 6.07. The number of amides is 1. The number of benzene rings is 2. The van der Waals surface area contributed by atoms with Crippen molar-refractivity contribution in [2.45, 2.75) is 32.2 Å². The average molecular weight is 435 g/mol. The Labute approximate surface area is 188 Å². The molecular weight excluding hydrogens is 404 g/mol. The number of nitrogens with zero attached hydrogens (tertiary/aromatic N) is 4. The number of hydrogen-bond donors (Lipinski definition) is 0. The van der Waals surface area contributed by atoms with Gasteiger partial charge in [0.2, 0.25) is 5.91 Å². The molecule has 0 N–H and O–H groups in total. The van der Waals surface area contributed by atoms with Crippen molar-refractivity contribution in [1.29, 1.82) is 0 Å². The molecule has 2 heterocycles. The smallest absolute Gasteiger partial charge is 0.261 e. The molecule has 3 aromatic rings. The largest absolute Gasteiger partial charge is 0.497 e. The van der Waals surface area contributed by atoms with Gasteiger partial charge in [0.25, 0.3) is 5.56 Å². The number of anilines is 1. The molecule has 32 heavy (non-hydrogen) atoms. The fourth-order valence-corrected chi connectivity index (χ4v) is 4.18. The standard InChI is InChI=1S/C25H30N4O3/c1-32-21-9-7-8-20(18-21)27-14-16-28(17-15-27)24(30)12-3-2-6-13-29-19-26-23-11-5-4-10-22(23)25(29)31/h4-5,7-11,18-19H,2-3,6,12-17H2,1H3. The summed E-state index contributed by atoms with van der Waals surface area (Å²) in [6, 6.07) is 15.5. The van der Waals surface area contributed by atoms with Gasteiger partial charge in [-0.1, -0.05) is 24.6 Å². The maximum atomic E-state index is 12.6. The number of rotatable bonds is 8. The Morgan fingerprint density at radius 2 is 1.81 bits per heavy atom. The first-order valence-electron chi connectivity index (χ1n) is 11.3. The van der Waals surface area contributed by atoms with Crippen LogP contribution in [0.2, 0.25) is 0 Å². The number of methoxy groups -OCH3 is 1. The molecule has 0 aliphatic carbocycles. The van der Waals surface area contributed by atoms with Gasteiger partial charge in [0.1, 0.15) is 5.75 Å². The molecule has 2 aromatic carbocycles. The molecule has 0 atom stereocenters. The van der Waals surface area contributed by atoms with Gasteiger partial charge < -0.3 is 14.5 Å². The van der Waals surface area contributed by atoms with E-state index in [9.17, 15) is 9.59 Å². The highest BCUT2D eigenvalue weighted by molar-refractivity contribution is 5.77. The molecule has 1 saturated heterocycles. The van der Waals surface area contributed by atoms with E-state index < -0.39 is 0 Å². The number of carbonyl (C=O) groups excluding carboxylic acids is 1. The molecule has 168 valence electrons. The van der Waals surface area contributed by atoms with Gasteiger partial charge in [0, 0.05) is 50.9 Å². The lowest BCUT2D eigenvalue weighted by atomic mass is 10.1. The van der Waals surface area contributed by atoms with E-state index in [0.29, 0.717) is 18.4 Å². The topological polar surface area (TPSA) is 67.7 Å². The lowest BCUT2D eigenvalue weighted by Crippen LogP contribution is -2.48. The Morgan fingerprint density at radius 1 is 1.00 bits per heavy atom. The number of para-hydroxylation sites is 1. The lowest BCUT2D eigenvalue weighted by molar-refractivity contribution is -0.131. The normalized spacial score (nSPS) is 14.0. The lowest BCUT2D eigenvalue weighted by Gasteiger charge is -2.36. The number of aromatic nitrogens is 2. The summed E-state index contributed by atoms with van der Waals surface area (Å²) in [5, 5.41) is 0.651. The van der Waals surface area contributed by atoms with Crippen LogP contribution < -0.4 is 15.2 Å². The van der Waals surface area contributed by atoms with Crippen molar-refractivity contribution in [3.63, 3.8) is 0 Å². The quantitative estimate of drug-likeness (QED) is 0.509. The number of ether oxygens (including phenoxy) is 1. The number of carbonyl (C=O) groups is 1. The fraction of sp³-hybridized carbons (Fsp3) is 0.400. The fourth-order valence-electron chi connectivity index (χ4n) is 4.18. The molecule has 0 saturated carbocycles. The zero-order valence-corrected chi connectivity index (χ0v) is 18.6. The molecule has 0 bridgehead atoms. The van der Waals surface area contributed by atoms with Crippen LogP contribution in [0.5, 0.6) is 5.75 Å². The first kappa shape index (κ1) is 21.9. The van der Waals surface area contributed by atoms with Gasteiger partial charge in [-0.15, -0.1) is 0 Å². The van der Waals surface area contributed by atoms with Crippen LogP contribution in [0, 0.1) is 0 Å². The zero-order valence-electron chi connectivity index (χ0n) is 18.6. The average Bonchev–Trinajstić information content (AvgIpc) is 2.85. The zero-order chi connectivity index (χ0) is 22.3. The molecule has 1 fully saturated rings. The summed E-state index contributed by atoms with van der Waals surface area (Å²) < 4.78 is 6.98. The molecule has 0 unspecified atom stereocenters. The molecule has 1 aliphatic heterocycles. The number of fused-ring (bicyclic) bond motifs is 1. The predicted molar refractivity (Wildman–Crippen MR) is 126 cm³/mol. The third kappa shape index (κ3) is 5.10. The first-order chi connectivity index (χ1) is 15.7. The summed E-state index contributed by atoms with van der Waals surface area (Å²) in [4.78, 5) is 33.7. The van der Waals surface area contributed by atoms with Crippen LogP contribution >= 0.6 is 0 Å². The van der Waals surface area contributed by atoms with Crippen LogP contribution in [0.3, 0.4) is 0 Å². The SMILES string of the molecule is COc1cccc(N2CCN(C(=O)CCCCCn3cnc4ccccc4c3=O)CC2)c1. The Morgan fingerprint density at radius 3 is 2.62 bits per heavy atom. The van der Waals surface area contributed by atoms with E-state index >= 15 is 0 Å². The summed E-state index contributed by atoms with van der Waals surface area (Å²) >= 11 is 0. The Bertz CT molecular complexity index is 1120. The second-order valence-corrected chi connectivity index (χ2v) is 8.14. The molecule has 1 aliphatic rings. The summed E-state index contributed by atoms with van der Waals surface area (Å²) in [6.45, 7) is 3.78. The number of aryl methyl sites for hydroxylation is 1. The van der Waals surface area contributed by atoms with Gasteiger partial charge in [-0.05, 0) is 37.1 Å². The number of unbranched alkanes of at least 4 members (excludes halogenated alkanes) is 2. The van der Waals surface area contributed by atoms with Crippen LogP contribution in [0.4, 0.5) is 5.69 Å². The van der Waals surface area contributed by atoms with Crippen molar-refractivity contribution in [3.8, 4) is 5.75 Å². The maximum absolute atomic E-state index is 12.6. The van der Waals surface area contributed by atoms with Crippen LogP contribution in [0.25, 0.3) is 10.9 Å². The molecule has 0 spiro atoms. The monoisotopic (exact) mass is 434 g/mol. The van der Waals surface area contributed by atoms with E-state index in [4.69, 9.17) is 4.74 Å². The summed E-state index contributed by atoms with van der Waals surface area (Å²) in [5.74, 6) is 1.07. The molecular formula is C25H30N4O3. The van der Waals surface area contributed by atoms with Crippen LogP contribution in [-0.4, -0.2) is 53.6 Å². The summed E-state index contributed by atoms with van der Waals surface area (Å²) in [7, 11) is 1.67. The van der Waals surface area contributed by atoms with Gasteiger partial charge in [0.15, 0.2) is 0 Å². The molecule has 4 rings (SSSR count). The van der Waals surface area contributed by atoms with Crippen molar-refractivity contribution < 1.29 is 9.53 Å². The van der Waals surface area contributed by atoms with E-state index in [0.717, 1.165) is 62.4 Å². The Balaban J connectivity index is 1.18. The molecule has 7 heteroatoms. The van der Waals surface area contributed by atoms with Gasteiger partial charge >= 0.3 is 0 Å². The maximum Gasteiger partial charge on any atom is 0.261 e. The summed E-state index contributed by atoms with van der Waals surface area (Å²) in [5.41, 5.74) is 1.86. The minimum absolute atomic E-state index is 0.000540. The highest BCUT2D eigenvalue weighted by atomic mass is 16.5. The van der Waals surface area contributed by atoms with Crippen LogP contribution in [0.1, 0.15) is 25.7 Å². The van der Waals surface area contributed by atoms with Crippen molar-refractivity contribution in [2.24, 2.45) is 0 Å². The Kier molecular flexibility index (Phi) is 7.04. The molecule has 1 aromatic heterocycles. The van der Waals surface area contributed by atoms with Gasteiger partial charge in [-0.2, -0.15) is 0 Å². The summed E-state index contributed by atoms with van der Waals surface area (Å²) in [6.07, 6.45) is 4.79. The Hall–Kier alpha value is -3.35. The van der Waals surface area contributed by atoms with E-state index in [1.54, 1.807) is 18.0 Å². The number of hydrogen-bond acceptors (Lipinski definition) is 5. The van der Waals surface area contributed by atoms with E-state index in [1.807, 2.05) is 47.4 Å². The first-order valence-corrected chi connectivity index (χ1v) is 11.3. The highest BCUT2D eigenvalue weighted by Crippen LogP contribution is 2.22. The predicted octanol–water partition coefficient (Wildman–Crippen LogP) is 3.31. The van der Waals surface area contributed by atoms with Crippen LogP contribution in [0.15, 0.2) is 59.7 Å². The van der Waals surface area contributed by atoms with Crippen molar-refractivity contribution in [3.05, 3.63) is 65.2 Å². The van der Waals surface area contributed by atoms with Crippen molar-refractivity contribution >= 4 is 22.5 Å². The minimum atomic E-state index is 0.000540. The molecule has 1 amide bonds. The van der Waals surface area contributed by atoms with Gasteiger partial charge in [-0.25, -0.2) is 4.98 Å².